The van der Waals surface area contributed by atoms with Crippen molar-refractivity contribution >= 4 is 28.1 Å². The van der Waals surface area contributed by atoms with Gasteiger partial charge in [0.15, 0.2) is 5.13 Å². The minimum atomic E-state index is -0.323. The van der Waals surface area contributed by atoms with Crippen molar-refractivity contribution in [1.82, 2.24) is 15.8 Å². The summed E-state index contributed by atoms with van der Waals surface area (Å²) in [4.78, 5) is 16.4. The monoisotopic (exact) mass is 290 g/mol. The standard InChI is InChI=1S/C13H14N4O2S/c1-7(9-3-5-10(18)6-4-9)16-17-12(19)11-8(2)15-13(14)20-11/h3-6,16,18H,1H2,2H3,(H2,14,15)(H,17,19). The second-order valence-corrected chi connectivity index (χ2v) is 5.10. The van der Waals surface area contributed by atoms with E-state index in [0.717, 1.165) is 16.9 Å². The van der Waals surface area contributed by atoms with E-state index in [9.17, 15) is 9.90 Å². The third-order valence-electron chi connectivity index (χ3n) is 2.56. The molecule has 0 spiro atoms. The van der Waals surface area contributed by atoms with Crippen LogP contribution in [0.4, 0.5) is 5.13 Å². The Morgan fingerprint density at radius 3 is 2.55 bits per heavy atom. The van der Waals surface area contributed by atoms with Gasteiger partial charge in [-0.05, 0) is 36.8 Å². The minimum Gasteiger partial charge on any atom is -0.508 e. The molecular formula is C13H14N4O2S. The normalized spacial score (nSPS) is 10.1. The van der Waals surface area contributed by atoms with Crippen molar-refractivity contribution in [1.29, 1.82) is 0 Å². The maximum atomic E-state index is 11.9. The molecule has 7 heteroatoms. The Labute approximate surface area is 119 Å². The average molecular weight is 290 g/mol. The van der Waals surface area contributed by atoms with E-state index in [-0.39, 0.29) is 11.7 Å². The topological polar surface area (TPSA) is 100 Å². The molecule has 0 saturated carbocycles. The number of nitrogen functional groups attached to an aromatic ring is 1. The van der Waals surface area contributed by atoms with Crippen molar-refractivity contribution in [2.24, 2.45) is 0 Å². The molecule has 0 aliphatic rings. The predicted octanol–water partition coefficient (Wildman–Crippen LogP) is 1.64. The van der Waals surface area contributed by atoms with Crippen LogP contribution in [0.25, 0.3) is 5.70 Å². The van der Waals surface area contributed by atoms with Crippen LogP contribution in [0.3, 0.4) is 0 Å². The number of rotatable bonds is 4. The van der Waals surface area contributed by atoms with Crippen LogP contribution < -0.4 is 16.6 Å². The van der Waals surface area contributed by atoms with Gasteiger partial charge in [-0.1, -0.05) is 17.9 Å². The largest absolute Gasteiger partial charge is 0.508 e. The first-order chi connectivity index (χ1) is 9.47. The SMILES string of the molecule is C=C(NNC(=O)c1sc(N)nc1C)c1ccc(O)cc1. The van der Waals surface area contributed by atoms with E-state index in [1.54, 1.807) is 19.1 Å². The van der Waals surface area contributed by atoms with Crippen molar-refractivity contribution in [3.8, 4) is 5.75 Å². The van der Waals surface area contributed by atoms with E-state index in [0.29, 0.717) is 21.4 Å². The van der Waals surface area contributed by atoms with Gasteiger partial charge in [0.2, 0.25) is 0 Å². The molecule has 1 aromatic heterocycles. The molecule has 0 atom stereocenters. The first kappa shape index (κ1) is 13.9. The molecule has 0 fully saturated rings. The van der Waals surface area contributed by atoms with Crippen LogP contribution in [0.1, 0.15) is 20.9 Å². The maximum absolute atomic E-state index is 11.9. The van der Waals surface area contributed by atoms with Gasteiger partial charge >= 0.3 is 0 Å². The van der Waals surface area contributed by atoms with Crippen LogP contribution in [0.15, 0.2) is 30.8 Å². The van der Waals surface area contributed by atoms with Gasteiger partial charge in [-0.3, -0.25) is 15.6 Å². The number of hydrogen-bond donors (Lipinski definition) is 4. The van der Waals surface area contributed by atoms with Gasteiger partial charge < -0.3 is 10.8 Å². The third-order valence-corrected chi connectivity index (χ3v) is 3.55. The van der Waals surface area contributed by atoms with Gasteiger partial charge in [-0.15, -0.1) is 0 Å². The number of aromatic nitrogens is 1. The summed E-state index contributed by atoms with van der Waals surface area (Å²) in [5.41, 5.74) is 12.6. The number of benzene rings is 1. The first-order valence-corrected chi connectivity index (χ1v) is 6.56. The third kappa shape index (κ3) is 3.07. The summed E-state index contributed by atoms with van der Waals surface area (Å²) in [6.45, 7) is 5.52. The molecule has 1 heterocycles. The van der Waals surface area contributed by atoms with E-state index in [4.69, 9.17) is 5.73 Å². The number of nitrogens with two attached hydrogens (primary N) is 1. The van der Waals surface area contributed by atoms with Crippen LogP contribution in [0.2, 0.25) is 0 Å². The summed E-state index contributed by atoms with van der Waals surface area (Å²) >= 11 is 1.12. The van der Waals surface area contributed by atoms with Crippen LogP contribution in [0, 0.1) is 6.92 Å². The number of carbonyl (C=O) groups is 1. The Morgan fingerprint density at radius 2 is 2.00 bits per heavy atom. The fraction of sp³-hybridized carbons (Fsp3) is 0.0769. The highest BCUT2D eigenvalue weighted by Gasteiger charge is 2.14. The molecular weight excluding hydrogens is 276 g/mol. The molecule has 1 aromatic carbocycles. The smallest absolute Gasteiger partial charge is 0.281 e. The first-order valence-electron chi connectivity index (χ1n) is 5.75. The molecule has 0 aliphatic heterocycles. The predicted molar refractivity (Wildman–Crippen MR) is 79.0 cm³/mol. The number of carbonyl (C=O) groups excluding carboxylic acids is 1. The minimum absolute atomic E-state index is 0.168. The van der Waals surface area contributed by atoms with Crippen molar-refractivity contribution in [3.05, 3.63) is 47.0 Å². The number of nitrogens with one attached hydrogen (secondary N) is 2. The highest BCUT2D eigenvalue weighted by Crippen LogP contribution is 2.19. The summed E-state index contributed by atoms with van der Waals surface area (Å²) in [5.74, 6) is -0.155. The summed E-state index contributed by atoms with van der Waals surface area (Å²) in [5, 5.41) is 9.55. The molecule has 0 radical (unpaired) electrons. The quantitative estimate of drug-likeness (QED) is 0.641. The molecule has 5 N–H and O–H groups in total. The van der Waals surface area contributed by atoms with Crippen molar-refractivity contribution < 1.29 is 9.90 Å². The number of aryl methyl sites for hydroxylation is 1. The number of anilines is 1. The van der Waals surface area contributed by atoms with Crippen LogP contribution in [0.5, 0.6) is 5.75 Å². The molecule has 0 aliphatic carbocycles. The summed E-state index contributed by atoms with van der Waals surface area (Å²) in [6, 6.07) is 6.45. The number of hydrazine groups is 1. The number of nitrogens with zero attached hydrogens (tertiary/aromatic N) is 1. The van der Waals surface area contributed by atoms with Gasteiger partial charge in [0.25, 0.3) is 5.91 Å². The molecule has 0 saturated heterocycles. The van der Waals surface area contributed by atoms with E-state index in [2.05, 4.69) is 22.4 Å². The number of phenolic OH excluding ortho intramolecular Hbond substituents is 1. The lowest BCUT2D eigenvalue weighted by Gasteiger charge is -2.10. The Bertz CT molecular complexity index is 649. The van der Waals surface area contributed by atoms with Gasteiger partial charge in [-0.25, -0.2) is 4.98 Å². The molecule has 1 amide bonds. The summed E-state index contributed by atoms with van der Waals surface area (Å²) in [6.07, 6.45) is 0. The molecule has 104 valence electrons. The number of thiazole rings is 1. The van der Waals surface area contributed by atoms with Crippen LogP contribution in [-0.4, -0.2) is 16.0 Å². The molecule has 20 heavy (non-hydrogen) atoms. The van der Waals surface area contributed by atoms with Gasteiger partial charge in [0.1, 0.15) is 10.6 Å². The van der Waals surface area contributed by atoms with Crippen LogP contribution in [-0.2, 0) is 0 Å². The van der Waals surface area contributed by atoms with Crippen LogP contribution >= 0.6 is 11.3 Å². The zero-order chi connectivity index (χ0) is 14.7. The van der Waals surface area contributed by atoms with Gasteiger partial charge in [-0.2, -0.15) is 0 Å². The molecule has 0 bridgehead atoms. The second-order valence-electron chi connectivity index (χ2n) is 4.07. The zero-order valence-corrected chi connectivity index (χ0v) is 11.6. The number of aromatic hydroxyl groups is 1. The Hall–Kier alpha value is -2.54. The van der Waals surface area contributed by atoms with Gasteiger partial charge in [0.05, 0.1) is 11.4 Å². The molecule has 6 nitrogen and oxygen atoms in total. The van der Waals surface area contributed by atoms with E-state index in [1.165, 1.54) is 12.1 Å². The fourth-order valence-corrected chi connectivity index (χ4v) is 2.28. The molecule has 2 rings (SSSR count). The number of hydrogen-bond acceptors (Lipinski definition) is 6. The van der Waals surface area contributed by atoms with E-state index in [1.807, 2.05) is 0 Å². The molecule has 2 aromatic rings. The summed E-state index contributed by atoms with van der Waals surface area (Å²) in [7, 11) is 0. The lowest BCUT2D eigenvalue weighted by atomic mass is 10.2. The number of amides is 1. The Kier molecular flexibility index (Phi) is 3.90. The van der Waals surface area contributed by atoms with E-state index >= 15 is 0 Å². The lowest BCUT2D eigenvalue weighted by molar-refractivity contribution is 0.0946. The second kappa shape index (κ2) is 5.62. The van der Waals surface area contributed by atoms with Crippen molar-refractivity contribution in [3.63, 3.8) is 0 Å². The van der Waals surface area contributed by atoms with E-state index < -0.39 is 0 Å². The number of phenols is 1. The van der Waals surface area contributed by atoms with Gasteiger partial charge in [0, 0.05) is 0 Å². The Balaban J connectivity index is 1.98. The Morgan fingerprint density at radius 1 is 1.35 bits per heavy atom. The highest BCUT2D eigenvalue weighted by atomic mass is 32.1. The summed E-state index contributed by atoms with van der Waals surface area (Å²) < 4.78 is 0. The highest BCUT2D eigenvalue weighted by molar-refractivity contribution is 7.17. The average Bonchev–Trinajstić information content (AvgIpc) is 2.75. The fourth-order valence-electron chi connectivity index (χ4n) is 1.55. The van der Waals surface area contributed by atoms with Crippen molar-refractivity contribution in [2.75, 3.05) is 5.73 Å². The maximum Gasteiger partial charge on any atom is 0.281 e. The lowest BCUT2D eigenvalue weighted by Crippen LogP contribution is -2.35. The van der Waals surface area contributed by atoms with Crippen molar-refractivity contribution in [2.45, 2.75) is 6.92 Å². The zero-order valence-electron chi connectivity index (χ0n) is 10.8. The molecule has 0 unspecified atom stereocenters.